The number of anilines is 1. The molecule has 3 rings (SSSR count). The average molecular weight is 393 g/mol. The molecule has 1 aromatic carbocycles. The third-order valence-corrected chi connectivity index (χ3v) is 7.47. The number of benzene rings is 1. The van der Waals surface area contributed by atoms with Crippen LogP contribution in [0.25, 0.3) is 0 Å². The molecule has 0 aliphatic heterocycles. The molecule has 0 atom stereocenters. The van der Waals surface area contributed by atoms with Crippen molar-refractivity contribution in [1.29, 1.82) is 0 Å². The number of nitrogens with one attached hydrogen (secondary N) is 2. The average Bonchev–Trinajstić information content (AvgIpc) is 3.16. The van der Waals surface area contributed by atoms with Crippen molar-refractivity contribution in [3.05, 3.63) is 46.7 Å². The topological polar surface area (TPSA) is 75.3 Å². The zero-order chi connectivity index (χ0) is 18.6. The maximum Gasteiger partial charge on any atom is 0.240 e. The van der Waals surface area contributed by atoms with E-state index in [1.165, 1.54) is 30.4 Å². The number of carbonyl (C=O) groups is 1. The first-order valence-electron chi connectivity index (χ1n) is 8.83. The van der Waals surface area contributed by atoms with Gasteiger partial charge in [-0.15, -0.1) is 11.3 Å². The molecule has 1 aromatic heterocycles. The number of hydrogen-bond donors (Lipinski definition) is 2. The molecule has 0 saturated heterocycles. The van der Waals surface area contributed by atoms with Crippen LogP contribution < -0.4 is 10.0 Å². The van der Waals surface area contributed by atoms with Crippen LogP contribution in [0.4, 0.5) is 5.69 Å². The fourth-order valence-corrected chi connectivity index (χ4v) is 5.67. The second-order valence-electron chi connectivity index (χ2n) is 6.85. The Bertz CT molecular complexity index is 837. The van der Waals surface area contributed by atoms with Gasteiger partial charge in [-0.05, 0) is 48.6 Å². The smallest absolute Gasteiger partial charge is 0.240 e. The van der Waals surface area contributed by atoms with Crippen molar-refractivity contribution in [1.82, 2.24) is 4.72 Å². The van der Waals surface area contributed by atoms with E-state index in [-0.39, 0.29) is 16.2 Å². The summed E-state index contributed by atoms with van der Waals surface area (Å²) >= 11 is 1.71. The summed E-state index contributed by atoms with van der Waals surface area (Å²) in [7, 11) is -3.59. The van der Waals surface area contributed by atoms with Crippen molar-refractivity contribution in [2.45, 2.75) is 49.3 Å². The van der Waals surface area contributed by atoms with Crippen molar-refractivity contribution in [3.63, 3.8) is 0 Å². The van der Waals surface area contributed by atoms with E-state index in [4.69, 9.17) is 0 Å². The van der Waals surface area contributed by atoms with Gasteiger partial charge < -0.3 is 5.32 Å². The number of hydrogen-bond acceptors (Lipinski definition) is 4. The summed E-state index contributed by atoms with van der Waals surface area (Å²) in [6.45, 7) is 1.84. The van der Waals surface area contributed by atoms with Crippen LogP contribution in [-0.4, -0.2) is 20.9 Å². The molecule has 2 aromatic rings. The number of carbonyl (C=O) groups excluding carboxylic acids is 1. The zero-order valence-corrected chi connectivity index (χ0v) is 16.5. The Morgan fingerprint density at radius 3 is 2.38 bits per heavy atom. The maximum absolute atomic E-state index is 12.7. The van der Waals surface area contributed by atoms with E-state index in [9.17, 15) is 13.2 Å². The van der Waals surface area contributed by atoms with Crippen molar-refractivity contribution in [2.75, 3.05) is 11.9 Å². The minimum atomic E-state index is -3.59. The van der Waals surface area contributed by atoms with Crippen LogP contribution in [0.3, 0.4) is 0 Å². The molecule has 0 unspecified atom stereocenters. The SMILES string of the molecule is CC(=O)Nc1ccc(S(=O)(=O)NCC2(c3cccs3)CCCCC2)cc1. The summed E-state index contributed by atoms with van der Waals surface area (Å²) in [5.41, 5.74) is 0.481. The molecule has 1 fully saturated rings. The number of amides is 1. The van der Waals surface area contributed by atoms with Crippen molar-refractivity contribution in [2.24, 2.45) is 0 Å². The number of rotatable bonds is 6. The van der Waals surface area contributed by atoms with Gasteiger partial charge in [-0.1, -0.05) is 25.3 Å². The Balaban J connectivity index is 1.75. The Kier molecular flexibility index (Phi) is 5.79. The van der Waals surface area contributed by atoms with E-state index in [0.717, 1.165) is 25.7 Å². The number of sulfonamides is 1. The van der Waals surface area contributed by atoms with Crippen LogP contribution in [-0.2, 0) is 20.2 Å². The fraction of sp³-hybridized carbons (Fsp3) is 0.421. The summed E-state index contributed by atoms with van der Waals surface area (Å²) in [5, 5.41) is 4.70. The normalized spacial score (nSPS) is 17.0. The first-order chi connectivity index (χ1) is 12.4. The van der Waals surface area contributed by atoms with Gasteiger partial charge in [0.25, 0.3) is 0 Å². The molecule has 1 saturated carbocycles. The molecular formula is C19H24N2O3S2. The quantitative estimate of drug-likeness (QED) is 0.783. The van der Waals surface area contributed by atoms with E-state index >= 15 is 0 Å². The molecule has 5 nitrogen and oxygen atoms in total. The molecule has 7 heteroatoms. The van der Waals surface area contributed by atoms with Crippen molar-refractivity contribution in [3.8, 4) is 0 Å². The molecule has 0 bridgehead atoms. The predicted octanol–water partition coefficient (Wildman–Crippen LogP) is 3.89. The highest BCUT2D eigenvalue weighted by molar-refractivity contribution is 7.89. The maximum atomic E-state index is 12.7. The van der Waals surface area contributed by atoms with Crippen molar-refractivity contribution < 1.29 is 13.2 Å². The highest BCUT2D eigenvalue weighted by Crippen LogP contribution is 2.41. The molecule has 0 spiro atoms. The second kappa shape index (κ2) is 7.90. The summed E-state index contributed by atoms with van der Waals surface area (Å²) in [6.07, 6.45) is 5.50. The van der Waals surface area contributed by atoms with Gasteiger partial charge in [-0.2, -0.15) is 0 Å². The van der Waals surface area contributed by atoms with Gasteiger partial charge >= 0.3 is 0 Å². The molecule has 140 valence electrons. The molecular weight excluding hydrogens is 368 g/mol. The van der Waals surface area contributed by atoms with Gasteiger partial charge in [-0.25, -0.2) is 13.1 Å². The Labute approximate surface area is 158 Å². The van der Waals surface area contributed by atoms with E-state index < -0.39 is 10.0 Å². The lowest BCUT2D eigenvalue weighted by Gasteiger charge is -2.36. The van der Waals surface area contributed by atoms with Gasteiger partial charge in [0.15, 0.2) is 0 Å². The molecule has 1 aliphatic carbocycles. The number of thiophene rings is 1. The van der Waals surface area contributed by atoms with Gasteiger partial charge in [0.2, 0.25) is 15.9 Å². The van der Waals surface area contributed by atoms with E-state index in [2.05, 4.69) is 21.5 Å². The second-order valence-corrected chi connectivity index (χ2v) is 9.56. The van der Waals surface area contributed by atoms with Crippen LogP contribution in [0.5, 0.6) is 0 Å². The first kappa shape index (κ1) is 19.1. The predicted molar refractivity (Wildman–Crippen MR) is 105 cm³/mol. The molecule has 26 heavy (non-hydrogen) atoms. The standard InChI is InChI=1S/C19H24N2O3S2/c1-15(22)21-16-7-9-17(10-8-16)26(23,24)20-14-19(11-3-2-4-12-19)18-6-5-13-25-18/h5-10,13,20H,2-4,11-12,14H2,1H3,(H,21,22). The van der Waals surface area contributed by atoms with Crippen molar-refractivity contribution >= 4 is 33.0 Å². The molecule has 2 N–H and O–H groups in total. The summed E-state index contributed by atoms with van der Waals surface area (Å²) < 4.78 is 28.3. The monoisotopic (exact) mass is 392 g/mol. The van der Waals surface area contributed by atoms with Crippen LogP contribution >= 0.6 is 11.3 Å². The lowest BCUT2D eigenvalue weighted by molar-refractivity contribution is -0.114. The lowest BCUT2D eigenvalue weighted by Crippen LogP contribution is -2.41. The highest BCUT2D eigenvalue weighted by atomic mass is 32.2. The van der Waals surface area contributed by atoms with E-state index in [1.54, 1.807) is 23.5 Å². The van der Waals surface area contributed by atoms with Crippen LogP contribution in [0.1, 0.15) is 43.9 Å². The van der Waals surface area contributed by atoms with Gasteiger partial charge in [0.1, 0.15) is 0 Å². The third kappa shape index (κ3) is 4.34. The summed E-state index contributed by atoms with van der Waals surface area (Å²) in [4.78, 5) is 12.6. The first-order valence-corrected chi connectivity index (χ1v) is 11.2. The highest BCUT2D eigenvalue weighted by Gasteiger charge is 2.36. The molecule has 0 radical (unpaired) electrons. The fourth-order valence-electron chi connectivity index (χ4n) is 3.56. The minimum Gasteiger partial charge on any atom is -0.326 e. The zero-order valence-electron chi connectivity index (χ0n) is 14.8. The lowest BCUT2D eigenvalue weighted by atomic mass is 9.73. The van der Waals surface area contributed by atoms with Gasteiger partial charge in [0, 0.05) is 29.4 Å². The molecule has 1 amide bonds. The van der Waals surface area contributed by atoms with Gasteiger partial charge in [-0.3, -0.25) is 4.79 Å². The minimum absolute atomic E-state index is 0.102. The van der Waals surface area contributed by atoms with Gasteiger partial charge in [0.05, 0.1) is 4.90 Å². The largest absolute Gasteiger partial charge is 0.326 e. The summed E-state index contributed by atoms with van der Waals surface area (Å²) in [5.74, 6) is -0.186. The summed E-state index contributed by atoms with van der Waals surface area (Å²) in [6, 6.07) is 10.4. The van der Waals surface area contributed by atoms with Crippen LogP contribution in [0.2, 0.25) is 0 Å². The Morgan fingerprint density at radius 2 is 1.81 bits per heavy atom. The van der Waals surface area contributed by atoms with Crippen LogP contribution in [0.15, 0.2) is 46.7 Å². The molecule has 1 heterocycles. The third-order valence-electron chi connectivity index (χ3n) is 4.94. The van der Waals surface area contributed by atoms with Crippen LogP contribution in [0, 0.1) is 0 Å². The Hall–Kier alpha value is -1.70. The Morgan fingerprint density at radius 1 is 1.12 bits per heavy atom. The van der Waals surface area contributed by atoms with E-state index in [0.29, 0.717) is 12.2 Å². The van der Waals surface area contributed by atoms with E-state index in [1.807, 2.05) is 6.07 Å². The molecule has 1 aliphatic rings.